The minimum absolute atomic E-state index is 0. The molecule has 0 spiro atoms. The molecule has 9 heteroatoms. The molecule has 1 aromatic heterocycles. The Morgan fingerprint density at radius 1 is 1.17 bits per heavy atom. The molecular formula is C20H34IN7O. The Hall–Kier alpha value is -1.65. The Kier molecular flexibility index (Phi) is 9.89. The molecule has 0 radical (unpaired) electrons. The third kappa shape index (κ3) is 6.68. The van der Waals surface area contributed by atoms with Gasteiger partial charge in [-0.25, -0.2) is 9.97 Å². The number of amides is 1. The third-order valence-electron chi connectivity index (χ3n) is 5.46. The smallest absolute Gasteiger partial charge is 0.225 e. The van der Waals surface area contributed by atoms with Gasteiger partial charge in [0.2, 0.25) is 11.9 Å². The van der Waals surface area contributed by atoms with E-state index >= 15 is 0 Å². The van der Waals surface area contributed by atoms with Crippen molar-refractivity contribution < 1.29 is 4.79 Å². The molecule has 2 fully saturated rings. The molecule has 2 aliphatic heterocycles. The molecule has 29 heavy (non-hydrogen) atoms. The Morgan fingerprint density at radius 2 is 1.90 bits per heavy atom. The van der Waals surface area contributed by atoms with Crippen LogP contribution in [0.15, 0.2) is 23.5 Å². The fourth-order valence-electron chi connectivity index (χ4n) is 3.87. The number of anilines is 1. The van der Waals surface area contributed by atoms with E-state index in [4.69, 9.17) is 4.99 Å². The summed E-state index contributed by atoms with van der Waals surface area (Å²) in [6.07, 6.45) is 7.51. The van der Waals surface area contributed by atoms with Gasteiger partial charge in [-0.15, -0.1) is 24.0 Å². The SMILES string of the molecule is CCNC(=NCCC(=O)N1CCCCC1C)N1CCN(c2ncccn2)CC1.I. The van der Waals surface area contributed by atoms with Crippen LogP contribution in [-0.2, 0) is 4.79 Å². The summed E-state index contributed by atoms with van der Waals surface area (Å²) in [6, 6.07) is 2.20. The summed E-state index contributed by atoms with van der Waals surface area (Å²) in [4.78, 5) is 32.4. The Labute approximate surface area is 191 Å². The number of nitrogens with one attached hydrogen (secondary N) is 1. The highest BCUT2D eigenvalue weighted by Crippen LogP contribution is 2.17. The topological polar surface area (TPSA) is 77.0 Å². The molecule has 1 unspecified atom stereocenters. The number of rotatable bonds is 5. The zero-order valence-electron chi connectivity index (χ0n) is 17.6. The fourth-order valence-corrected chi connectivity index (χ4v) is 3.87. The van der Waals surface area contributed by atoms with Crippen molar-refractivity contribution in [2.24, 2.45) is 4.99 Å². The van der Waals surface area contributed by atoms with E-state index in [0.717, 1.165) is 64.0 Å². The molecule has 8 nitrogen and oxygen atoms in total. The van der Waals surface area contributed by atoms with Crippen LogP contribution >= 0.6 is 24.0 Å². The Balaban J connectivity index is 0.00000300. The van der Waals surface area contributed by atoms with Crippen LogP contribution in [0.3, 0.4) is 0 Å². The van der Waals surface area contributed by atoms with Crippen LogP contribution in [0.2, 0.25) is 0 Å². The average molecular weight is 515 g/mol. The number of aliphatic imine (C=N–C) groups is 1. The van der Waals surface area contributed by atoms with Gasteiger partial charge in [-0.1, -0.05) is 0 Å². The monoisotopic (exact) mass is 515 g/mol. The van der Waals surface area contributed by atoms with E-state index in [9.17, 15) is 4.79 Å². The first-order chi connectivity index (χ1) is 13.7. The number of carbonyl (C=O) groups excluding carboxylic acids is 1. The van der Waals surface area contributed by atoms with Crippen molar-refractivity contribution >= 4 is 41.8 Å². The van der Waals surface area contributed by atoms with Gasteiger partial charge in [0.1, 0.15) is 0 Å². The lowest BCUT2D eigenvalue weighted by atomic mass is 10.0. The van der Waals surface area contributed by atoms with Crippen LogP contribution in [0.4, 0.5) is 5.95 Å². The maximum Gasteiger partial charge on any atom is 0.225 e. The van der Waals surface area contributed by atoms with Gasteiger partial charge in [0.25, 0.3) is 0 Å². The number of piperidine rings is 1. The molecule has 3 rings (SSSR count). The van der Waals surface area contributed by atoms with E-state index in [1.165, 1.54) is 6.42 Å². The van der Waals surface area contributed by atoms with Crippen molar-refractivity contribution in [2.45, 2.75) is 45.6 Å². The van der Waals surface area contributed by atoms with Crippen molar-refractivity contribution in [1.82, 2.24) is 25.1 Å². The zero-order chi connectivity index (χ0) is 19.8. The Bertz CT molecular complexity index is 649. The van der Waals surface area contributed by atoms with Gasteiger partial charge in [-0.3, -0.25) is 9.79 Å². The standard InChI is InChI=1S/C20H33N7O.HI/c1-3-21-19(24-11-8-18(28)27-12-5-4-7-17(27)2)25-13-15-26(16-14-25)20-22-9-6-10-23-20;/h6,9-10,17H,3-5,7-8,11-16H2,1-2H3,(H,21,24);1H. The maximum absolute atomic E-state index is 12.5. The van der Waals surface area contributed by atoms with E-state index in [1.807, 2.05) is 11.0 Å². The van der Waals surface area contributed by atoms with E-state index < -0.39 is 0 Å². The first kappa shape index (κ1) is 23.6. The van der Waals surface area contributed by atoms with E-state index in [2.05, 4.69) is 38.9 Å². The molecule has 2 aliphatic rings. The number of hydrogen-bond donors (Lipinski definition) is 1. The fraction of sp³-hybridized carbons (Fsp3) is 0.700. The number of hydrogen-bond acceptors (Lipinski definition) is 5. The lowest BCUT2D eigenvalue weighted by molar-refractivity contribution is -0.134. The van der Waals surface area contributed by atoms with Crippen LogP contribution in [0.25, 0.3) is 0 Å². The first-order valence-electron chi connectivity index (χ1n) is 10.5. The second kappa shape index (κ2) is 12.1. The molecule has 0 aliphatic carbocycles. The summed E-state index contributed by atoms with van der Waals surface area (Å²) >= 11 is 0. The summed E-state index contributed by atoms with van der Waals surface area (Å²) in [7, 11) is 0. The average Bonchev–Trinajstić information content (AvgIpc) is 2.74. The number of guanidine groups is 1. The predicted octanol–water partition coefficient (Wildman–Crippen LogP) is 1.97. The van der Waals surface area contributed by atoms with Gasteiger partial charge >= 0.3 is 0 Å². The van der Waals surface area contributed by atoms with Crippen LogP contribution in [0, 0.1) is 0 Å². The van der Waals surface area contributed by atoms with Crippen molar-refractivity contribution in [3.05, 3.63) is 18.5 Å². The molecule has 2 saturated heterocycles. The van der Waals surface area contributed by atoms with Gasteiger partial charge in [0.15, 0.2) is 5.96 Å². The van der Waals surface area contributed by atoms with Crippen LogP contribution < -0.4 is 10.2 Å². The zero-order valence-corrected chi connectivity index (χ0v) is 19.9. The van der Waals surface area contributed by atoms with Crippen molar-refractivity contribution in [3.8, 4) is 0 Å². The third-order valence-corrected chi connectivity index (χ3v) is 5.46. The molecule has 1 N–H and O–H groups in total. The van der Waals surface area contributed by atoms with Gasteiger partial charge in [-0.2, -0.15) is 0 Å². The number of halogens is 1. The highest BCUT2D eigenvalue weighted by molar-refractivity contribution is 14.0. The minimum Gasteiger partial charge on any atom is -0.357 e. The molecule has 3 heterocycles. The molecule has 1 amide bonds. The number of carbonyl (C=O) groups is 1. The van der Waals surface area contributed by atoms with Gasteiger partial charge in [0.05, 0.1) is 6.54 Å². The van der Waals surface area contributed by atoms with Crippen molar-refractivity contribution in [2.75, 3.05) is 50.7 Å². The highest BCUT2D eigenvalue weighted by Gasteiger charge is 2.23. The predicted molar refractivity (Wildman–Crippen MR) is 127 cm³/mol. The quantitative estimate of drug-likeness (QED) is 0.367. The van der Waals surface area contributed by atoms with Crippen LogP contribution in [0.1, 0.15) is 39.5 Å². The molecule has 162 valence electrons. The van der Waals surface area contributed by atoms with E-state index in [-0.39, 0.29) is 29.9 Å². The number of piperazine rings is 1. The van der Waals surface area contributed by atoms with E-state index in [0.29, 0.717) is 19.0 Å². The summed E-state index contributed by atoms with van der Waals surface area (Å²) in [5.74, 6) is 1.92. The maximum atomic E-state index is 12.5. The summed E-state index contributed by atoms with van der Waals surface area (Å²) in [6.45, 7) is 9.92. The molecule has 1 aromatic rings. The summed E-state index contributed by atoms with van der Waals surface area (Å²) in [5.41, 5.74) is 0. The largest absolute Gasteiger partial charge is 0.357 e. The van der Waals surface area contributed by atoms with Crippen molar-refractivity contribution in [3.63, 3.8) is 0 Å². The molecule has 0 aromatic carbocycles. The highest BCUT2D eigenvalue weighted by atomic mass is 127. The molecule has 0 saturated carbocycles. The Morgan fingerprint density at radius 3 is 2.55 bits per heavy atom. The minimum atomic E-state index is 0. The van der Waals surface area contributed by atoms with Crippen LogP contribution in [0.5, 0.6) is 0 Å². The molecule has 1 atom stereocenters. The summed E-state index contributed by atoms with van der Waals surface area (Å²) < 4.78 is 0. The number of aromatic nitrogens is 2. The van der Waals surface area contributed by atoms with Gasteiger partial charge in [0, 0.05) is 64.1 Å². The van der Waals surface area contributed by atoms with Crippen LogP contribution in [-0.4, -0.2) is 83.5 Å². The number of nitrogens with zero attached hydrogens (tertiary/aromatic N) is 6. The lowest BCUT2D eigenvalue weighted by Crippen LogP contribution is -2.53. The molecule has 0 bridgehead atoms. The lowest BCUT2D eigenvalue weighted by Gasteiger charge is -2.36. The van der Waals surface area contributed by atoms with Gasteiger partial charge < -0.3 is 20.0 Å². The van der Waals surface area contributed by atoms with Crippen molar-refractivity contribution in [1.29, 1.82) is 0 Å². The normalized spacial score (nSPS) is 20.3. The van der Waals surface area contributed by atoms with E-state index in [1.54, 1.807) is 12.4 Å². The second-order valence-corrected chi connectivity index (χ2v) is 7.44. The second-order valence-electron chi connectivity index (χ2n) is 7.44. The summed E-state index contributed by atoms with van der Waals surface area (Å²) in [5, 5.41) is 3.37. The number of likely N-dealkylation sites (tertiary alicyclic amines) is 1. The van der Waals surface area contributed by atoms with Gasteiger partial charge in [-0.05, 0) is 39.2 Å². The molecular weight excluding hydrogens is 481 g/mol. The first-order valence-corrected chi connectivity index (χ1v) is 10.5.